The van der Waals surface area contributed by atoms with Crippen LogP contribution < -0.4 is 4.74 Å². The van der Waals surface area contributed by atoms with Gasteiger partial charge >= 0.3 is 5.97 Å². The quantitative estimate of drug-likeness (QED) is 0.863. The third-order valence-electron chi connectivity index (χ3n) is 3.03. The summed E-state index contributed by atoms with van der Waals surface area (Å²) in [6.45, 7) is 0.0582. The second-order valence-corrected chi connectivity index (χ2v) is 4.70. The summed E-state index contributed by atoms with van der Waals surface area (Å²) < 4.78 is 5.51. The van der Waals surface area contributed by atoms with Crippen molar-refractivity contribution in [1.29, 1.82) is 0 Å². The van der Waals surface area contributed by atoms with E-state index in [0.29, 0.717) is 16.3 Å². The second kappa shape index (κ2) is 5.14. The Hall–Kier alpha value is -1.30. The minimum Gasteiger partial charge on any atom is -0.490 e. The fraction of sp³-hybridized carbons (Fsp3) is 0.417. The molecule has 0 radical (unpaired) electrons. The Balaban J connectivity index is 2.23. The molecular weight excluding hydrogens is 258 g/mol. The maximum atomic E-state index is 10.7. The lowest BCUT2D eigenvalue weighted by molar-refractivity contribution is -0.139. The number of carboxylic acid groups (broad SMARTS) is 1. The monoisotopic (exact) mass is 271 g/mol. The van der Waals surface area contributed by atoms with Crippen molar-refractivity contribution < 1.29 is 19.7 Å². The molecule has 0 aromatic heterocycles. The number of likely N-dealkylation sites (N-methyl/N-ethyl adjacent to an activating group) is 1. The van der Waals surface area contributed by atoms with Crippen LogP contribution in [-0.2, 0) is 4.79 Å². The third-order valence-corrected chi connectivity index (χ3v) is 3.33. The maximum Gasteiger partial charge on any atom is 0.317 e. The minimum absolute atomic E-state index is 0.152. The molecule has 5 nitrogen and oxygen atoms in total. The minimum atomic E-state index is -0.943. The molecule has 2 unspecified atom stereocenters. The van der Waals surface area contributed by atoms with E-state index in [2.05, 4.69) is 0 Å². The molecule has 0 aliphatic carbocycles. The number of aliphatic hydroxyl groups is 1. The Morgan fingerprint density at radius 2 is 2.33 bits per heavy atom. The lowest BCUT2D eigenvalue weighted by Gasteiger charge is -2.35. The molecule has 2 atom stereocenters. The number of halogens is 1. The number of aliphatic hydroxyl groups excluding tert-OH is 1. The van der Waals surface area contributed by atoms with Crippen LogP contribution in [-0.4, -0.2) is 47.3 Å². The predicted octanol–water partition coefficient (Wildman–Crippen LogP) is 1.15. The number of benzene rings is 1. The fourth-order valence-corrected chi connectivity index (χ4v) is 2.31. The molecule has 2 rings (SSSR count). The number of fused-ring (bicyclic) bond motifs is 1. The molecule has 0 saturated carbocycles. The van der Waals surface area contributed by atoms with E-state index in [9.17, 15) is 9.90 Å². The highest BCUT2D eigenvalue weighted by Crippen LogP contribution is 2.38. The van der Waals surface area contributed by atoms with Gasteiger partial charge in [-0.1, -0.05) is 23.7 Å². The van der Waals surface area contributed by atoms with Crippen LogP contribution >= 0.6 is 11.6 Å². The fourth-order valence-electron chi connectivity index (χ4n) is 2.08. The molecule has 0 fully saturated rings. The van der Waals surface area contributed by atoms with Gasteiger partial charge in [-0.15, -0.1) is 0 Å². The lowest BCUT2D eigenvalue weighted by Crippen LogP contribution is -2.45. The van der Waals surface area contributed by atoms with Crippen molar-refractivity contribution in [3.05, 3.63) is 28.8 Å². The molecule has 1 aliphatic heterocycles. The number of hydrogen-bond donors (Lipinski definition) is 2. The van der Waals surface area contributed by atoms with E-state index < -0.39 is 18.1 Å². The van der Waals surface area contributed by atoms with Crippen molar-refractivity contribution in [1.82, 2.24) is 4.90 Å². The number of para-hydroxylation sites is 1. The SMILES string of the molecule is CN(CC(=O)O)C1COc2c(Cl)cccc2C1O. The van der Waals surface area contributed by atoms with Gasteiger partial charge in [-0.05, 0) is 13.1 Å². The summed E-state index contributed by atoms with van der Waals surface area (Å²) in [6.07, 6.45) is -0.809. The Morgan fingerprint density at radius 1 is 1.61 bits per heavy atom. The third kappa shape index (κ3) is 2.43. The molecule has 1 aliphatic rings. The van der Waals surface area contributed by atoms with E-state index in [-0.39, 0.29) is 13.2 Å². The van der Waals surface area contributed by atoms with Gasteiger partial charge < -0.3 is 14.9 Å². The molecule has 1 aromatic rings. The molecule has 2 N–H and O–H groups in total. The van der Waals surface area contributed by atoms with Crippen molar-refractivity contribution in [3.8, 4) is 5.75 Å². The largest absolute Gasteiger partial charge is 0.490 e. The summed E-state index contributed by atoms with van der Waals surface area (Å²) in [6, 6.07) is 4.75. The number of carbonyl (C=O) groups is 1. The standard InChI is InChI=1S/C12H14ClNO4/c1-14(5-10(15)16)9-6-18-12-7(11(9)17)3-2-4-8(12)13/h2-4,9,11,17H,5-6H2,1H3,(H,15,16). The average Bonchev–Trinajstić information content (AvgIpc) is 2.29. The Kier molecular flexibility index (Phi) is 3.75. The average molecular weight is 272 g/mol. The van der Waals surface area contributed by atoms with E-state index in [1.807, 2.05) is 0 Å². The number of hydrogen-bond acceptors (Lipinski definition) is 4. The molecule has 1 aromatic carbocycles. The van der Waals surface area contributed by atoms with Crippen molar-refractivity contribution >= 4 is 17.6 Å². The first-order valence-corrected chi connectivity index (χ1v) is 5.90. The summed E-state index contributed by atoms with van der Waals surface area (Å²) in [5.41, 5.74) is 0.594. The maximum absolute atomic E-state index is 10.7. The van der Waals surface area contributed by atoms with Gasteiger partial charge in [0.15, 0.2) is 0 Å². The first kappa shape index (κ1) is 13.1. The van der Waals surface area contributed by atoms with Crippen LogP contribution in [0.3, 0.4) is 0 Å². The van der Waals surface area contributed by atoms with Crippen molar-refractivity contribution in [2.45, 2.75) is 12.1 Å². The van der Waals surface area contributed by atoms with Gasteiger partial charge in [0.2, 0.25) is 0 Å². The van der Waals surface area contributed by atoms with Gasteiger partial charge in [-0.2, -0.15) is 0 Å². The van der Waals surface area contributed by atoms with Crippen molar-refractivity contribution in [2.24, 2.45) is 0 Å². The van der Waals surface area contributed by atoms with Gasteiger partial charge in [-0.25, -0.2) is 0 Å². The highest BCUT2D eigenvalue weighted by Gasteiger charge is 2.33. The summed E-state index contributed by atoms with van der Waals surface area (Å²) in [5.74, 6) is -0.465. The number of ether oxygens (including phenoxy) is 1. The first-order valence-electron chi connectivity index (χ1n) is 5.52. The molecule has 98 valence electrons. The molecule has 6 heteroatoms. The zero-order chi connectivity index (χ0) is 13.3. The van der Waals surface area contributed by atoms with E-state index in [4.69, 9.17) is 21.4 Å². The number of nitrogens with zero attached hydrogens (tertiary/aromatic N) is 1. The van der Waals surface area contributed by atoms with Crippen LogP contribution in [0.25, 0.3) is 0 Å². The second-order valence-electron chi connectivity index (χ2n) is 4.29. The summed E-state index contributed by atoms with van der Waals surface area (Å²) in [4.78, 5) is 12.2. The number of carboxylic acids is 1. The van der Waals surface area contributed by atoms with Crippen LogP contribution in [0.2, 0.25) is 5.02 Å². The van der Waals surface area contributed by atoms with Gasteiger partial charge in [0.1, 0.15) is 18.5 Å². The molecule has 0 bridgehead atoms. The summed E-state index contributed by atoms with van der Waals surface area (Å²) in [5, 5.41) is 19.5. The zero-order valence-corrected chi connectivity index (χ0v) is 10.6. The van der Waals surface area contributed by atoms with Crippen LogP contribution in [0, 0.1) is 0 Å². The van der Waals surface area contributed by atoms with Crippen molar-refractivity contribution in [2.75, 3.05) is 20.2 Å². The van der Waals surface area contributed by atoms with Gasteiger partial charge in [0.25, 0.3) is 0 Å². The smallest absolute Gasteiger partial charge is 0.317 e. The summed E-state index contributed by atoms with van der Waals surface area (Å²) >= 11 is 5.98. The Morgan fingerprint density at radius 3 is 3.00 bits per heavy atom. The first-order chi connectivity index (χ1) is 8.50. The molecule has 1 heterocycles. The topological polar surface area (TPSA) is 70.0 Å². The van der Waals surface area contributed by atoms with Gasteiger partial charge in [0, 0.05) is 5.56 Å². The van der Waals surface area contributed by atoms with Crippen LogP contribution in [0.1, 0.15) is 11.7 Å². The highest BCUT2D eigenvalue weighted by molar-refractivity contribution is 6.32. The lowest BCUT2D eigenvalue weighted by atomic mass is 9.98. The van der Waals surface area contributed by atoms with Crippen LogP contribution in [0.5, 0.6) is 5.75 Å². The van der Waals surface area contributed by atoms with Gasteiger partial charge in [0.05, 0.1) is 17.6 Å². The van der Waals surface area contributed by atoms with Crippen molar-refractivity contribution in [3.63, 3.8) is 0 Å². The normalized spacial score (nSPS) is 22.4. The predicted molar refractivity (Wildman–Crippen MR) is 66.0 cm³/mol. The summed E-state index contributed by atoms with van der Waals surface area (Å²) in [7, 11) is 1.64. The molecule has 0 saturated heterocycles. The number of aliphatic carboxylic acids is 1. The van der Waals surface area contributed by atoms with E-state index in [1.54, 1.807) is 30.1 Å². The molecular formula is C12H14ClNO4. The molecule has 0 spiro atoms. The van der Waals surface area contributed by atoms with E-state index >= 15 is 0 Å². The Bertz CT molecular complexity index is 465. The molecule has 0 amide bonds. The highest BCUT2D eigenvalue weighted by atomic mass is 35.5. The number of rotatable bonds is 3. The van der Waals surface area contributed by atoms with Crippen LogP contribution in [0.4, 0.5) is 0 Å². The van der Waals surface area contributed by atoms with Gasteiger partial charge in [-0.3, -0.25) is 9.69 Å². The zero-order valence-electron chi connectivity index (χ0n) is 9.84. The van der Waals surface area contributed by atoms with E-state index in [1.165, 1.54) is 0 Å². The Labute approximate surface area is 110 Å². The van der Waals surface area contributed by atoms with Crippen LogP contribution in [0.15, 0.2) is 18.2 Å². The molecule has 18 heavy (non-hydrogen) atoms. The van der Waals surface area contributed by atoms with E-state index in [0.717, 1.165) is 0 Å².